The van der Waals surface area contributed by atoms with E-state index in [1.54, 1.807) is 0 Å². The molecule has 4 N–H and O–H groups in total. The molecule has 1 aliphatic carbocycles. The molecule has 20 heavy (non-hydrogen) atoms. The van der Waals surface area contributed by atoms with Gasteiger partial charge in [0, 0.05) is 19.2 Å². The van der Waals surface area contributed by atoms with E-state index in [9.17, 15) is 4.79 Å². The molecule has 1 aromatic rings. The number of rotatable bonds is 9. The molecule has 1 aliphatic rings. The number of nitrogens with one attached hydrogen (secondary N) is 2. The van der Waals surface area contributed by atoms with E-state index in [0.717, 1.165) is 37.3 Å². The molecule has 2 rings (SSSR count). The Kier molecular flexibility index (Phi) is 5.60. The summed E-state index contributed by atoms with van der Waals surface area (Å²) in [7, 11) is 0. The second kappa shape index (κ2) is 7.44. The molecule has 0 atom stereocenters. The molecule has 7 heteroatoms. The van der Waals surface area contributed by atoms with Gasteiger partial charge in [0.1, 0.15) is 10.6 Å². The molecule has 0 saturated heterocycles. The predicted octanol–water partition coefficient (Wildman–Crippen LogP) is 1.85. The molecule has 1 aromatic heterocycles. The van der Waals surface area contributed by atoms with Crippen LogP contribution in [0.2, 0.25) is 0 Å². The Morgan fingerprint density at radius 3 is 3.00 bits per heavy atom. The molecule has 0 aliphatic heterocycles. The summed E-state index contributed by atoms with van der Waals surface area (Å²) in [5, 5.41) is 6.83. The lowest BCUT2D eigenvalue weighted by Crippen LogP contribution is -2.26. The van der Waals surface area contributed by atoms with Crippen molar-refractivity contribution in [2.24, 2.45) is 0 Å². The number of nitrogens with two attached hydrogens (primary N) is 1. The molecule has 0 unspecified atom stereocenters. The number of ether oxygens (including phenoxy) is 1. The number of hydrogen-bond acceptors (Lipinski definition) is 6. The van der Waals surface area contributed by atoms with E-state index >= 15 is 0 Å². The lowest BCUT2D eigenvalue weighted by atomic mass is 10.3. The van der Waals surface area contributed by atoms with Gasteiger partial charge in [-0.15, -0.1) is 0 Å². The first-order valence-corrected chi connectivity index (χ1v) is 7.87. The van der Waals surface area contributed by atoms with Gasteiger partial charge < -0.3 is 21.1 Å². The minimum absolute atomic E-state index is 0.131. The molecule has 1 fully saturated rings. The van der Waals surface area contributed by atoms with Crippen LogP contribution in [0.5, 0.6) is 0 Å². The fourth-order valence-electron chi connectivity index (χ4n) is 1.71. The lowest BCUT2D eigenvalue weighted by Gasteiger charge is -2.08. The largest absolute Gasteiger partial charge is 0.382 e. The summed E-state index contributed by atoms with van der Waals surface area (Å²) < 4.78 is 9.52. The first-order chi connectivity index (χ1) is 9.72. The van der Waals surface area contributed by atoms with Gasteiger partial charge in [-0.3, -0.25) is 4.79 Å². The Morgan fingerprint density at radius 2 is 2.30 bits per heavy atom. The highest BCUT2D eigenvalue weighted by atomic mass is 32.1. The summed E-state index contributed by atoms with van der Waals surface area (Å²) in [6.07, 6.45) is 4.31. The number of aromatic nitrogens is 1. The minimum Gasteiger partial charge on any atom is -0.382 e. The van der Waals surface area contributed by atoms with Gasteiger partial charge in [0.2, 0.25) is 0 Å². The predicted molar refractivity (Wildman–Crippen MR) is 81.2 cm³/mol. The zero-order valence-electron chi connectivity index (χ0n) is 11.8. The number of carbonyl (C=O) groups is 1. The van der Waals surface area contributed by atoms with Gasteiger partial charge in [0.05, 0.1) is 6.61 Å². The van der Waals surface area contributed by atoms with Crippen LogP contribution in [0.4, 0.5) is 10.8 Å². The van der Waals surface area contributed by atoms with Gasteiger partial charge in [0.15, 0.2) is 5.82 Å². The number of nitrogens with zero attached hydrogens (tertiary/aromatic N) is 1. The number of anilines is 2. The van der Waals surface area contributed by atoms with Crippen LogP contribution in [0.15, 0.2) is 0 Å². The summed E-state index contributed by atoms with van der Waals surface area (Å²) in [6, 6.07) is 0.312. The summed E-state index contributed by atoms with van der Waals surface area (Å²) >= 11 is 1.22. The van der Waals surface area contributed by atoms with Crippen LogP contribution in [-0.4, -0.2) is 36.1 Å². The standard InChI is InChI=1S/C13H22N4O2S/c1-2-3-7-19-8-6-15-13-10(11(14)17-20-13)12(18)16-9-4-5-9/h9,15H,2-8H2,1H3,(H2,14,17)(H,16,18). The van der Waals surface area contributed by atoms with E-state index in [-0.39, 0.29) is 5.91 Å². The van der Waals surface area contributed by atoms with E-state index in [1.807, 2.05) is 0 Å². The second-order valence-electron chi connectivity index (χ2n) is 4.91. The average Bonchev–Trinajstić information content (AvgIpc) is 3.15. The number of amides is 1. The highest BCUT2D eigenvalue weighted by Crippen LogP contribution is 2.28. The first-order valence-electron chi connectivity index (χ1n) is 7.10. The fourth-order valence-corrected chi connectivity index (χ4v) is 2.45. The molecular weight excluding hydrogens is 276 g/mol. The summed E-state index contributed by atoms with van der Waals surface area (Å²) in [5.41, 5.74) is 6.24. The molecule has 1 saturated carbocycles. The maximum Gasteiger partial charge on any atom is 0.258 e. The summed E-state index contributed by atoms with van der Waals surface area (Å²) in [4.78, 5) is 12.1. The molecule has 1 amide bonds. The number of carbonyl (C=O) groups excluding carboxylic acids is 1. The molecule has 112 valence electrons. The van der Waals surface area contributed by atoms with Crippen molar-refractivity contribution in [3.63, 3.8) is 0 Å². The summed E-state index contributed by atoms with van der Waals surface area (Å²) in [6.45, 7) is 4.17. The monoisotopic (exact) mass is 298 g/mol. The van der Waals surface area contributed by atoms with Crippen molar-refractivity contribution in [2.45, 2.75) is 38.6 Å². The first kappa shape index (κ1) is 15.1. The van der Waals surface area contributed by atoms with Crippen LogP contribution < -0.4 is 16.4 Å². The quantitative estimate of drug-likeness (QED) is 0.605. The maximum absolute atomic E-state index is 12.1. The van der Waals surface area contributed by atoms with Crippen molar-refractivity contribution < 1.29 is 9.53 Å². The van der Waals surface area contributed by atoms with Crippen LogP contribution in [-0.2, 0) is 4.74 Å². The van der Waals surface area contributed by atoms with Gasteiger partial charge in [-0.05, 0) is 30.8 Å². The van der Waals surface area contributed by atoms with E-state index in [1.165, 1.54) is 11.5 Å². The second-order valence-corrected chi connectivity index (χ2v) is 5.69. The summed E-state index contributed by atoms with van der Waals surface area (Å²) in [5.74, 6) is 0.163. The van der Waals surface area contributed by atoms with E-state index in [2.05, 4.69) is 21.9 Å². The highest BCUT2D eigenvalue weighted by Gasteiger charge is 2.27. The van der Waals surface area contributed by atoms with Crippen LogP contribution in [0.25, 0.3) is 0 Å². The van der Waals surface area contributed by atoms with Gasteiger partial charge in [-0.2, -0.15) is 4.37 Å². The Morgan fingerprint density at radius 1 is 1.50 bits per heavy atom. The third-order valence-electron chi connectivity index (χ3n) is 3.03. The van der Waals surface area contributed by atoms with Gasteiger partial charge in [-0.25, -0.2) is 0 Å². The Hall–Kier alpha value is -1.34. The number of nitrogen functional groups attached to an aromatic ring is 1. The van der Waals surface area contributed by atoms with Crippen LogP contribution in [0, 0.1) is 0 Å². The molecule has 6 nitrogen and oxygen atoms in total. The fraction of sp³-hybridized carbons (Fsp3) is 0.692. The van der Waals surface area contributed by atoms with Crippen LogP contribution in [0.3, 0.4) is 0 Å². The molecule has 0 spiro atoms. The Labute approximate surface area is 123 Å². The van der Waals surface area contributed by atoms with Crippen molar-refractivity contribution in [2.75, 3.05) is 30.8 Å². The van der Waals surface area contributed by atoms with Gasteiger partial charge >= 0.3 is 0 Å². The van der Waals surface area contributed by atoms with Crippen LogP contribution >= 0.6 is 11.5 Å². The van der Waals surface area contributed by atoms with Gasteiger partial charge in [0.25, 0.3) is 5.91 Å². The zero-order chi connectivity index (χ0) is 14.4. The smallest absolute Gasteiger partial charge is 0.258 e. The highest BCUT2D eigenvalue weighted by molar-refractivity contribution is 7.11. The molecule has 1 heterocycles. The lowest BCUT2D eigenvalue weighted by molar-refractivity contribution is 0.0953. The molecule has 0 bridgehead atoms. The minimum atomic E-state index is -0.131. The zero-order valence-corrected chi connectivity index (χ0v) is 12.6. The third-order valence-corrected chi connectivity index (χ3v) is 3.85. The van der Waals surface area contributed by atoms with Crippen molar-refractivity contribution >= 4 is 28.3 Å². The Balaban J connectivity index is 1.80. The van der Waals surface area contributed by atoms with Crippen LogP contribution in [0.1, 0.15) is 43.0 Å². The topological polar surface area (TPSA) is 89.3 Å². The SMILES string of the molecule is CCCCOCCNc1snc(N)c1C(=O)NC1CC1. The van der Waals surface area contributed by atoms with Crippen molar-refractivity contribution in [3.05, 3.63) is 5.56 Å². The number of unbranched alkanes of at least 4 members (excludes halogenated alkanes) is 1. The maximum atomic E-state index is 12.1. The molecule has 0 aromatic carbocycles. The molecular formula is C13H22N4O2S. The Bertz CT molecular complexity index is 446. The third kappa shape index (κ3) is 4.35. The van der Waals surface area contributed by atoms with E-state index < -0.39 is 0 Å². The normalized spacial score (nSPS) is 14.2. The van der Waals surface area contributed by atoms with Crippen molar-refractivity contribution in [3.8, 4) is 0 Å². The average molecular weight is 298 g/mol. The van der Waals surface area contributed by atoms with Crippen molar-refractivity contribution in [1.82, 2.24) is 9.69 Å². The van der Waals surface area contributed by atoms with E-state index in [0.29, 0.717) is 30.6 Å². The van der Waals surface area contributed by atoms with Crippen molar-refractivity contribution in [1.29, 1.82) is 0 Å². The molecule has 0 radical (unpaired) electrons. The van der Waals surface area contributed by atoms with E-state index in [4.69, 9.17) is 10.5 Å². The van der Waals surface area contributed by atoms with Gasteiger partial charge in [-0.1, -0.05) is 13.3 Å². The number of hydrogen-bond donors (Lipinski definition) is 3.